The van der Waals surface area contributed by atoms with Crippen molar-refractivity contribution in [2.45, 2.75) is 37.8 Å². The third-order valence-corrected chi connectivity index (χ3v) is 4.76. The number of carbonyl (C=O) groups is 2. The second-order valence-corrected chi connectivity index (χ2v) is 6.37. The van der Waals surface area contributed by atoms with E-state index in [0.29, 0.717) is 13.0 Å². The molecule has 2 rings (SSSR count). The second kappa shape index (κ2) is 6.87. The zero-order valence-electron chi connectivity index (χ0n) is 11.9. The summed E-state index contributed by atoms with van der Waals surface area (Å²) in [7, 11) is 1.66. The normalized spacial score (nSPS) is 16.6. The summed E-state index contributed by atoms with van der Waals surface area (Å²) < 4.78 is 5.43. The Kier molecular flexibility index (Phi) is 5.14. The van der Waals surface area contributed by atoms with Crippen LogP contribution >= 0.6 is 11.3 Å². The average molecular weight is 309 g/mol. The summed E-state index contributed by atoms with van der Waals surface area (Å²) in [6.45, 7) is 0.463. The number of carboxylic acids is 1. The van der Waals surface area contributed by atoms with Crippen LogP contribution in [0.25, 0.3) is 6.08 Å². The highest BCUT2D eigenvalue weighted by Gasteiger charge is 2.38. The Morgan fingerprint density at radius 1 is 1.48 bits per heavy atom. The number of aliphatic carboxylic acids is 1. The molecule has 0 atom stereocenters. The summed E-state index contributed by atoms with van der Waals surface area (Å²) in [5.41, 5.74) is -0.255. The molecule has 1 fully saturated rings. The van der Waals surface area contributed by atoms with Gasteiger partial charge in [0, 0.05) is 22.9 Å². The van der Waals surface area contributed by atoms with Gasteiger partial charge in [-0.05, 0) is 37.5 Å². The first-order valence-corrected chi connectivity index (χ1v) is 7.66. The fourth-order valence-corrected chi connectivity index (χ4v) is 3.15. The molecule has 0 unspecified atom stereocenters. The summed E-state index contributed by atoms with van der Waals surface area (Å²) in [5, 5.41) is 11.5. The number of hydrogen-bond donors (Lipinski definition) is 2. The molecular weight excluding hydrogens is 290 g/mol. The highest BCUT2D eigenvalue weighted by atomic mass is 32.1. The first-order valence-electron chi connectivity index (χ1n) is 6.85. The molecule has 2 N–H and O–H groups in total. The quantitative estimate of drug-likeness (QED) is 0.759. The van der Waals surface area contributed by atoms with Gasteiger partial charge in [0.2, 0.25) is 5.91 Å². The van der Waals surface area contributed by atoms with Gasteiger partial charge in [0.05, 0.1) is 18.6 Å². The van der Waals surface area contributed by atoms with E-state index >= 15 is 0 Å². The second-order valence-electron chi connectivity index (χ2n) is 5.17. The summed E-state index contributed by atoms with van der Waals surface area (Å²) >= 11 is 1.46. The van der Waals surface area contributed by atoms with Crippen LogP contribution in [0.3, 0.4) is 0 Å². The van der Waals surface area contributed by atoms with Crippen LogP contribution in [-0.2, 0) is 20.9 Å². The van der Waals surface area contributed by atoms with Crippen molar-refractivity contribution >= 4 is 29.3 Å². The summed E-state index contributed by atoms with van der Waals surface area (Å²) in [6, 6.07) is 3.73. The van der Waals surface area contributed by atoms with E-state index in [4.69, 9.17) is 9.84 Å². The maximum atomic E-state index is 11.9. The van der Waals surface area contributed by atoms with Gasteiger partial charge in [-0.15, -0.1) is 11.3 Å². The number of methoxy groups -OCH3 is 1. The van der Waals surface area contributed by atoms with Crippen molar-refractivity contribution in [1.82, 2.24) is 5.32 Å². The van der Waals surface area contributed by atoms with Gasteiger partial charge in [-0.2, -0.15) is 0 Å². The van der Waals surface area contributed by atoms with Gasteiger partial charge in [0.15, 0.2) is 0 Å². The van der Waals surface area contributed by atoms with E-state index < -0.39 is 5.97 Å². The van der Waals surface area contributed by atoms with Gasteiger partial charge < -0.3 is 15.2 Å². The van der Waals surface area contributed by atoms with Crippen molar-refractivity contribution in [2.75, 3.05) is 7.11 Å². The van der Waals surface area contributed by atoms with E-state index in [9.17, 15) is 9.59 Å². The monoisotopic (exact) mass is 309 g/mol. The maximum Gasteiger partial charge on any atom is 0.328 e. The van der Waals surface area contributed by atoms with Gasteiger partial charge >= 0.3 is 5.97 Å². The van der Waals surface area contributed by atoms with Crippen LogP contribution in [0.4, 0.5) is 0 Å². The minimum atomic E-state index is -0.969. The molecular formula is C15H19NO4S. The number of carbonyl (C=O) groups excluding carboxylic acids is 1. The molecule has 1 aliphatic carbocycles. The van der Waals surface area contributed by atoms with Crippen molar-refractivity contribution in [1.29, 1.82) is 0 Å². The van der Waals surface area contributed by atoms with Gasteiger partial charge in [-0.25, -0.2) is 4.79 Å². The molecule has 1 amide bonds. The van der Waals surface area contributed by atoms with Crippen molar-refractivity contribution < 1.29 is 19.4 Å². The first kappa shape index (κ1) is 15.7. The third kappa shape index (κ3) is 4.41. The number of rotatable bonds is 7. The molecule has 0 aromatic carbocycles. The fourth-order valence-electron chi connectivity index (χ4n) is 2.30. The Hall–Kier alpha value is -1.66. The van der Waals surface area contributed by atoms with Crippen LogP contribution in [0.1, 0.15) is 35.4 Å². The van der Waals surface area contributed by atoms with Crippen LogP contribution in [0.15, 0.2) is 18.2 Å². The van der Waals surface area contributed by atoms with Crippen molar-refractivity contribution in [3.63, 3.8) is 0 Å². The van der Waals surface area contributed by atoms with Crippen LogP contribution in [0.5, 0.6) is 0 Å². The average Bonchev–Trinajstić information content (AvgIpc) is 2.86. The van der Waals surface area contributed by atoms with Crippen molar-refractivity contribution in [2.24, 2.45) is 0 Å². The molecule has 1 heterocycles. The Morgan fingerprint density at radius 2 is 2.24 bits per heavy atom. The lowest BCUT2D eigenvalue weighted by Gasteiger charge is -2.39. The minimum Gasteiger partial charge on any atom is -0.478 e. The molecule has 0 spiro atoms. The molecule has 114 valence electrons. The third-order valence-electron chi connectivity index (χ3n) is 3.71. The minimum absolute atomic E-state index is 0.00687. The Bertz CT molecular complexity index is 540. The molecule has 1 saturated carbocycles. The smallest absolute Gasteiger partial charge is 0.328 e. The summed E-state index contributed by atoms with van der Waals surface area (Å²) in [6.07, 6.45) is 6.06. The number of amides is 1. The molecule has 0 radical (unpaired) electrons. The van der Waals surface area contributed by atoms with Gasteiger partial charge in [-0.3, -0.25) is 4.79 Å². The molecule has 21 heavy (non-hydrogen) atoms. The molecule has 1 aliphatic rings. The highest BCUT2D eigenvalue weighted by Crippen LogP contribution is 2.37. The predicted molar refractivity (Wildman–Crippen MR) is 81.0 cm³/mol. The predicted octanol–water partition coefficient (Wildman–Crippen LogP) is 2.42. The first-order chi connectivity index (χ1) is 10.0. The largest absolute Gasteiger partial charge is 0.478 e. The lowest BCUT2D eigenvalue weighted by molar-refractivity contribution is -0.134. The Morgan fingerprint density at radius 3 is 2.81 bits per heavy atom. The number of ether oxygens (including phenoxy) is 1. The standard InChI is InChI=1S/C15H19NO4S/c1-20-15(7-2-8-15)9-13(17)16-10-12-4-3-11(21-12)5-6-14(18)19/h3-6H,2,7-10H2,1H3,(H,16,17)(H,18,19)/b6-5+. The Balaban J connectivity index is 1.80. The highest BCUT2D eigenvalue weighted by molar-refractivity contribution is 7.12. The number of thiophene rings is 1. The number of hydrogen-bond acceptors (Lipinski definition) is 4. The van der Waals surface area contributed by atoms with E-state index in [-0.39, 0.29) is 11.5 Å². The van der Waals surface area contributed by atoms with Gasteiger partial charge in [0.1, 0.15) is 0 Å². The van der Waals surface area contributed by atoms with E-state index in [2.05, 4.69) is 5.32 Å². The van der Waals surface area contributed by atoms with Gasteiger partial charge in [-0.1, -0.05) is 0 Å². The molecule has 1 aromatic heterocycles. The van der Waals surface area contributed by atoms with Crippen molar-refractivity contribution in [3.8, 4) is 0 Å². The van der Waals surface area contributed by atoms with E-state index in [0.717, 1.165) is 35.1 Å². The summed E-state index contributed by atoms with van der Waals surface area (Å²) in [5.74, 6) is -0.976. The Labute approximate surface area is 127 Å². The topological polar surface area (TPSA) is 75.6 Å². The lowest BCUT2D eigenvalue weighted by atomic mass is 9.77. The molecule has 0 aliphatic heterocycles. The molecule has 0 bridgehead atoms. The van der Waals surface area contributed by atoms with Crippen LogP contribution in [0.2, 0.25) is 0 Å². The van der Waals surface area contributed by atoms with E-state index in [1.165, 1.54) is 11.3 Å². The van der Waals surface area contributed by atoms with Gasteiger partial charge in [0.25, 0.3) is 0 Å². The van der Waals surface area contributed by atoms with E-state index in [1.54, 1.807) is 13.2 Å². The zero-order chi connectivity index (χ0) is 15.3. The van der Waals surface area contributed by atoms with E-state index in [1.807, 2.05) is 12.1 Å². The maximum absolute atomic E-state index is 11.9. The molecule has 0 saturated heterocycles. The molecule has 6 heteroatoms. The lowest BCUT2D eigenvalue weighted by Crippen LogP contribution is -2.43. The number of nitrogens with one attached hydrogen (secondary N) is 1. The SMILES string of the molecule is COC1(CC(=O)NCc2ccc(/C=C/C(=O)O)s2)CCC1. The zero-order valence-corrected chi connectivity index (χ0v) is 12.7. The molecule has 1 aromatic rings. The van der Waals surface area contributed by atoms with Crippen LogP contribution < -0.4 is 5.32 Å². The fraction of sp³-hybridized carbons (Fsp3) is 0.467. The molecule has 5 nitrogen and oxygen atoms in total. The number of carboxylic acid groups (broad SMARTS) is 1. The summed E-state index contributed by atoms with van der Waals surface area (Å²) in [4.78, 5) is 24.2. The van der Waals surface area contributed by atoms with Crippen molar-refractivity contribution in [3.05, 3.63) is 28.0 Å². The van der Waals surface area contributed by atoms with Crippen LogP contribution in [0, 0.1) is 0 Å². The van der Waals surface area contributed by atoms with Crippen LogP contribution in [-0.4, -0.2) is 29.7 Å².